The van der Waals surface area contributed by atoms with E-state index in [1.165, 1.54) is 0 Å². The number of ether oxygens (including phenoxy) is 4. The third-order valence-electron chi connectivity index (χ3n) is 3.02. The van der Waals surface area contributed by atoms with Crippen molar-refractivity contribution in [2.24, 2.45) is 0 Å². The van der Waals surface area contributed by atoms with E-state index in [-0.39, 0.29) is 0 Å². The van der Waals surface area contributed by atoms with Crippen LogP contribution in [0.15, 0.2) is 54.6 Å². The SMILES string of the molecule is Nc1ccccc1OCCOCCOCCOc1ccccc1. The van der Waals surface area contributed by atoms with Crippen molar-refractivity contribution in [3.05, 3.63) is 54.6 Å². The highest BCUT2D eigenvalue weighted by Gasteiger charge is 1.98. The molecule has 5 nitrogen and oxygen atoms in total. The third kappa shape index (κ3) is 7.04. The minimum Gasteiger partial charge on any atom is -0.491 e. The van der Waals surface area contributed by atoms with E-state index in [1.807, 2.05) is 54.6 Å². The highest BCUT2D eigenvalue weighted by molar-refractivity contribution is 5.51. The minimum atomic E-state index is 0.464. The second kappa shape index (κ2) is 10.5. The fourth-order valence-corrected chi connectivity index (χ4v) is 1.88. The second-order valence-corrected chi connectivity index (χ2v) is 4.77. The predicted molar refractivity (Wildman–Crippen MR) is 89.9 cm³/mol. The topological polar surface area (TPSA) is 62.9 Å². The van der Waals surface area contributed by atoms with Crippen molar-refractivity contribution in [1.29, 1.82) is 0 Å². The largest absolute Gasteiger partial charge is 0.491 e. The third-order valence-corrected chi connectivity index (χ3v) is 3.02. The summed E-state index contributed by atoms with van der Waals surface area (Å²) in [7, 11) is 0. The van der Waals surface area contributed by atoms with Crippen molar-refractivity contribution in [2.75, 3.05) is 45.4 Å². The molecule has 0 aliphatic rings. The van der Waals surface area contributed by atoms with E-state index in [0.717, 1.165) is 5.75 Å². The van der Waals surface area contributed by atoms with Gasteiger partial charge in [-0.3, -0.25) is 0 Å². The van der Waals surface area contributed by atoms with Gasteiger partial charge in [-0.05, 0) is 24.3 Å². The Hall–Kier alpha value is -2.24. The molecule has 23 heavy (non-hydrogen) atoms. The van der Waals surface area contributed by atoms with Gasteiger partial charge >= 0.3 is 0 Å². The monoisotopic (exact) mass is 317 g/mol. The van der Waals surface area contributed by atoms with Crippen LogP contribution < -0.4 is 15.2 Å². The van der Waals surface area contributed by atoms with Crippen molar-refractivity contribution in [1.82, 2.24) is 0 Å². The summed E-state index contributed by atoms with van der Waals surface area (Å²) in [6.45, 7) is 3.09. The van der Waals surface area contributed by atoms with Gasteiger partial charge in [0.1, 0.15) is 24.7 Å². The summed E-state index contributed by atoms with van der Waals surface area (Å²) in [5, 5.41) is 0. The molecule has 0 aliphatic heterocycles. The highest BCUT2D eigenvalue weighted by Crippen LogP contribution is 2.19. The molecule has 124 valence electrons. The number of hydrogen-bond acceptors (Lipinski definition) is 5. The van der Waals surface area contributed by atoms with Gasteiger partial charge in [0, 0.05) is 0 Å². The van der Waals surface area contributed by atoms with Crippen LogP contribution in [0.3, 0.4) is 0 Å². The number of benzene rings is 2. The lowest BCUT2D eigenvalue weighted by Crippen LogP contribution is -2.13. The summed E-state index contributed by atoms with van der Waals surface area (Å²) >= 11 is 0. The number of anilines is 1. The van der Waals surface area contributed by atoms with Crippen molar-refractivity contribution >= 4 is 5.69 Å². The Bertz CT molecular complexity index is 548. The van der Waals surface area contributed by atoms with Crippen LogP contribution in [0.4, 0.5) is 5.69 Å². The molecule has 0 unspecified atom stereocenters. The molecule has 0 saturated carbocycles. The molecule has 0 heterocycles. The van der Waals surface area contributed by atoms with Crippen LogP contribution in [-0.4, -0.2) is 39.6 Å². The van der Waals surface area contributed by atoms with Gasteiger partial charge in [0.15, 0.2) is 0 Å². The Kier molecular flexibility index (Phi) is 7.80. The normalized spacial score (nSPS) is 10.4. The fraction of sp³-hybridized carbons (Fsp3) is 0.333. The highest BCUT2D eigenvalue weighted by atomic mass is 16.6. The lowest BCUT2D eigenvalue weighted by Gasteiger charge is -2.09. The van der Waals surface area contributed by atoms with Crippen molar-refractivity contribution in [3.63, 3.8) is 0 Å². The summed E-state index contributed by atoms with van der Waals surface area (Å²) in [6, 6.07) is 17.1. The van der Waals surface area contributed by atoms with Crippen LogP contribution in [-0.2, 0) is 9.47 Å². The molecule has 0 aromatic heterocycles. The molecule has 2 rings (SSSR count). The number of nitrogens with two attached hydrogens (primary N) is 1. The first kappa shape index (κ1) is 17.1. The van der Waals surface area contributed by atoms with Gasteiger partial charge in [-0.25, -0.2) is 0 Å². The van der Waals surface area contributed by atoms with E-state index < -0.39 is 0 Å². The first-order valence-corrected chi connectivity index (χ1v) is 7.67. The van der Waals surface area contributed by atoms with Crippen LogP contribution in [0, 0.1) is 0 Å². The van der Waals surface area contributed by atoms with Crippen LogP contribution in [0.2, 0.25) is 0 Å². The summed E-state index contributed by atoms with van der Waals surface area (Å²) in [4.78, 5) is 0. The molecule has 5 heteroatoms. The molecule has 2 aromatic carbocycles. The first-order chi connectivity index (χ1) is 11.4. The minimum absolute atomic E-state index is 0.464. The van der Waals surface area contributed by atoms with Crippen LogP contribution >= 0.6 is 0 Å². The second-order valence-electron chi connectivity index (χ2n) is 4.77. The smallest absolute Gasteiger partial charge is 0.142 e. The Morgan fingerprint density at radius 1 is 0.609 bits per heavy atom. The van der Waals surface area contributed by atoms with E-state index in [4.69, 9.17) is 24.7 Å². The average Bonchev–Trinajstić information content (AvgIpc) is 2.59. The summed E-state index contributed by atoms with van der Waals surface area (Å²) < 4.78 is 21.9. The fourth-order valence-electron chi connectivity index (χ4n) is 1.88. The van der Waals surface area contributed by atoms with E-state index in [9.17, 15) is 0 Å². The molecule has 0 fully saturated rings. The lowest BCUT2D eigenvalue weighted by molar-refractivity contribution is 0.0274. The summed E-state index contributed by atoms with van der Waals surface area (Å²) in [5.41, 5.74) is 6.41. The van der Waals surface area contributed by atoms with E-state index in [1.54, 1.807) is 0 Å². The zero-order chi connectivity index (χ0) is 16.2. The van der Waals surface area contributed by atoms with Crippen molar-refractivity contribution < 1.29 is 18.9 Å². The van der Waals surface area contributed by atoms with Gasteiger partial charge in [-0.15, -0.1) is 0 Å². The molecule has 0 spiro atoms. The Morgan fingerprint density at radius 2 is 1.17 bits per heavy atom. The number of para-hydroxylation sites is 3. The maximum absolute atomic E-state index is 5.77. The Balaban J connectivity index is 1.40. The molecular formula is C18H23NO4. The van der Waals surface area contributed by atoms with Gasteiger partial charge < -0.3 is 24.7 Å². The molecule has 0 bridgehead atoms. The molecule has 0 amide bonds. The average molecular weight is 317 g/mol. The van der Waals surface area contributed by atoms with Gasteiger partial charge in [-0.2, -0.15) is 0 Å². The Morgan fingerprint density at radius 3 is 1.87 bits per heavy atom. The molecule has 0 atom stereocenters. The zero-order valence-electron chi connectivity index (χ0n) is 13.1. The predicted octanol–water partition coefficient (Wildman–Crippen LogP) is 2.76. The summed E-state index contributed by atoms with van der Waals surface area (Å²) in [6.07, 6.45) is 0. The standard InChI is InChI=1S/C18H23NO4/c19-17-8-4-5-9-18(17)23-15-13-21-11-10-20-12-14-22-16-6-2-1-3-7-16/h1-9H,10-15,19H2. The number of nitrogen functional groups attached to an aromatic ring is 1. The van der Waals surface area contributed by atoms with Crippen molar-refractivity contribution in [3.8, 4) is 11.5 Å². The zero-order valence-corrected chi connectivity index (χ0v) is 13.1. The molecule has 0 aliphatic carbocycles. The van der Waals surface area contributed by atoms with Crippen LogP contribution in [0.5, 0.6) is 11.5 Å². The van der Waals surface area contributed by atoms with E-state index in [0.29, 0.717) is 51.1 Å². The maximum Gasteiger partial charge on any atom is 0.142 e. The quantitative estimate of drug-likeness (QED) is 0.510. The van der Waals surface area contributed by atoms with E-state index >= 15 is 0 Å². The Labute approximate surface area is 136 Å². The maximum atomic E-state index is 5.77. The molecular weight excluding hydrogens is 294 g/mol. The van der Waals surface area contributed by atoms with Gasteiger partial charge in [0.25, 0.3) is 0 Å². The first-order valence-electron chi connectivity index (χ1n) is 7.67. The van der Waals surface area contributed by atoms with Gasteiger partial charge in [0.2, 0.25) is 0 Å². The van der Waals surface area contributed by atoms with Crippen LogP contribution in [0.1, 0.15) is 0 Å². The summed E-state index contributed by atoms with van der Waals surface area (Å²) in [5.74, 6) is 1.54. The number of rotatable bonds is 11. The molecule has 0 saturated heterocycles. The molecule has 2 N–H and O–H groups in total. The van der Waals surface area contributed by atoms with Crippen LogP contribution in [0.25, 0.3) is 0 Å². The molecule has 0 radical (unpaired) electrons. The van der Waals surface area contributed by atoms with E-state index in [2.05, 4.69) is 0 Å². The van der Waals surface area contributed by atoms with Gasteiger partial charge in [0.05, 0.1) is 32.1 Å². The van der Waals surface area contributed by atoms with Crippen molar-refractivity contribution in [2.45, 2.75) is 0 Å². The van der Waals surface area contributed by atoms with Gasteiger partial charge in [-0.1, -0.05) is 30.3 Å². The lowest BCUT2D eigenvalue weighted by atomic mass is 10.3. The molecule has 2 aromatic rings. The number of hydrogen-bond donors (Lipinski definition) is 1.